The summed E-state index contributed by atoms with van der Waals surface area (Å²) in [6, 6.07) is 0. The lowest BCUT2D eigenvalue weighted by Gasteiger charge is -2.20. The van der Waals surface area contributed by atoms with Gasteiger partial charge in [0.25, 0.3) is 0 Å². The van der Waals surface area contributed by atoms with Crippen molar-refractivity contribution in [2.45, 2.75) is 213 Å². The molecule has 0 aliphatic carbocycles. The largest absolute Gasteiger partial charge is 0.472 e. The standard InChI is InChI=1S/C38H75O8P/c1-4-7-9-11-13-15-17-19-21-23-25-27-29-31-37(39)43-34-36(46-47(41,42)45-33-6-3)35-44-38(40)32-30-28-26-24-22-20-18-16-14-12-10-8-5-2/h36H,4-35H2,1-3H3,(H,41,42). The fourth-order valence-corrected chi connectivity index (χ4v) is 6.60. The predicted molar refractivity (Wildman–Crippen MR) is 193 cm³/mol. The van der Waals surface area contributed by atoms with Crippen molar-refractivity contribution in [1.29, 1.82) is 0 Å². The lowest BCUT2D eigenvalue weighted by molar-refractivity contribution is -0.152. The minimum Gasteiger partial charge on any atom is -0.463 e. The maximum Gasteiger partial charge on any atom is 0.472 e. The van der Waals surface area contributed by atoms with E-state index in [0.717, 1.165) is 38.5 Å². The van der Waals surface area contributed by atoms with Gasteiger partial charge in [0.2, 0.25) is 0 Å². The van der Waals surface area contributed by atoms with Gasteiger partial charge < -0.3 is 14.4 Å². The van der Waals surface area contributed by atoms with Crippen molar-refractivity contribution in [2.75, 3.05) is 19.8 Å². The van der Waals surface area contributed by atoms with Crippen LogP contribution in [0.1, 0.15) is 207 Å². The molecule has 0 rings (SSSR count). The molecule has 1 atom stereocenters. The van der Waals surface area contributed by atoms with Crippen LogP contribution in [0.2, 0.25) is 0 Å². The molecule has 0 aromatic heterocycles. The van der Waals surface area contributed by atoms with Gasteiger partial charge in [-0.1, -0.05) is 175 Å². The maximum atomic E-state index is 12.3. The topological polar surface area (TPSA) is 108 Å². The number of phosphoric ester groups is 1. The second-order valence-corrected chi connectivity index (χ2v) is 14.8. The van der Waals surface area contributed by atoms with Gasteiger partial charge in [0.15, 0.2) is 0 Å². The maximum absolute atomic E-state index is 12.3. The molecule has 8 nitrogen and oxygen atoms in total. The number of carbonyl (C=O) groups excluding carboxylic acids is 2. The molecule has 0 aromatic carbocycles. The predicted octanol–water partition coefficient (Wildman–Crippen LogP) is 11.9. The van der Waals surface area contributed by atoms with E-state index in [0.29, 0.717) is 6.42 Å². The van der Waals surface area contributed by atoms with Crippen LogP contribution in [0.25, 0.3) is 0 Å². The Kier molecular flexibility index (Phi) is 34.2. The monoisotopic (exact) mass is 691 g/mol. The Bertz CT molecular complexity index is 701. The molecule has 0 amide bonds. The van der Waals surface area contributed by atoms with Crippen molar-refractivity contribution < 1.29 is 37.6 Å². The molecule has 0 aliphatic heterocycles. The van der Waals surface area contributed by atoms with E-state index >= 15 is 0 Å². The number of rotatable bonds is 37. The molecule has 0 bridgehead atoms. The minimum atomic E-state index is -4.37. The van der Waals surface area contributed by atoms with Crippen molar-refractivity contribution in [1.82, 2.24) is 0 Å². The zero-order valence-electron chi connectivity index (χ0n) is 31.0. The molecular formula is C38H75O8P. The second kappa shape index (κ2) is 34.9. The summed E-state index contributed by atoms with van der Waals surface area (Å²) in [6.07, 6.45) is 32.0. The minimum absolute atomic E-state index is 0.0537. The van der Waals surface area contributed by atoms with E-state index < -0.39 is 13.9 Å². The summed E-state index contributed by atoms with van der Waals surface area (Å²) in [5.41, 5.74) is 0. The molecule has 0 saturated heterocycles. The van der Waals surface area contributed by atoms with E-state index in [9.17, 15) is 19.0 Å². The average Bonchev–Trinajstić information content (AvgIpc) is 3.05. The van der Waals surface area contributed by atoms with Crippen molar-refractivity contribution in [3.05, 3.63) is 0 Å². The third-order valence-corrected chi connectivity index (χ3v) is 9.64. The van der Waals surface area contributed by atoms with Gasteiger partial charge in [0, 0.05) is 12.8 Å². The zero-order chi connectivity index (χ0) is 34.7. The van der Waals surface area contributed by atoms with Gasteiger partial charge in [-0.05, 0) is 19.3 Å². The van der Waals surface area contributed by atoms with Crippen LogP contribution in [-0.2, 0) is 32.7 Å². The molecule has 0 heterocycles. The highest BCUT2D eigenvalue weighted by Crippen LogP contribution is 2.44. The van der Waals surface area contributed by atoms with Gasteiger partial charge in [0.05, 0.1) is 6.61 Å². The fourth-order valence-electron chi connectivity index (χ4n) is 5.62. The summed E-state index contributed by atoms with van der Waals surface area (Å²) in [6.45, 7) is 5.82. The molecular weight excluding hydrogens is 615 g/mol. The first-order valence-corrected chi connectivity index (χ1v) is 21.3. The number of hydrogen-bond donors (Lipinski definition) is 1. The van der Waals surface area contributed by atoms with Crippen LogP contribution in [0.4, 0.5) is 0 Å². The van der Waals surface area contributed by atoms with Gasteiger partial charge in [-0.3, -0.25) is 18.6 Å². The summed E-state index contributed by atoms with van der Waals surface area (Å²) < 4.78 is 33.1. The fraction of sp³-hybridized carbons (Fsp3) is 0.947. The second-order valence-electron chi connectivity index (χ2n) is 13.4. The number of esters is 2. The normalized spacial score (nSPS) is 12.8. The summed E-state index contributed by atoms with van der Waals surface area (Å²) in [5.74, 6) is -0.774. The summed E-state index contributed by atoms with van der Waals surface area (Å²) >= 11 is 0. The number of hydrogen-bond acceptors (Lipinski definition) is 7. The number of carbonyl (C=O) groups is 2. The van der Waals surface area contributed by atoms with E-state index in [1.54, 1.807) is 0 Å². The van der Waals surface area contributed by atoms with Crippen molar-refractivity contribution in [2.24, 2.45) is 0 Å². The molecule has 280 valence electrons. The first kappa shape index (κ1) is 46.0. The Balaban J connectivity index is 4.11. The Morgan fingerprint density at radius 2 is 0.787 bits per heavy atom. The van der Waals surface area contributed by atoms with Crippen LogP contribution in [0, 0.1) is 0 Å². The third-order valence-electron chi connectivity index (χ3n) is 8.57. The van der Waals surface area contributed by atoms with Crippen molar-refractivity contribution in [3.63, 3.8) is 0 Å². The highest BCUT2D eigenvalue weighted by Gasteiger charge is 2.28. The van der Waals surface area contributed by atoms with Gasteiger partial charge in [-0.2, -0.15) is 0 Å². The Labute approximate surface area is 289 Å². The van der Waals surface area contributed by atoms with E-state index in [1.165, 1.54) is 128 Å². The zero-order valence-corrected chi connectivity index (χ0v) is 31.9. The van der Waals surface area contributed by atoms with Crippen LogP contribution in [-0.4, -0.2) is 42.8 Å². The molecule has 0 radical (unpaired) electrons. The molecule has 1 N–H and O–H groups in total. The quantitative estimate of drug-likeness (QED) is 0.0390. The third kappa shape index (κ3) is 34.7. The van der Waals surface area contributed by atoms with Crippen molar-refractivity contribution in [3.8, 4) is 0 Å². The van der Waals surface area contributed by atoms with E-state index in [2.05, 4.69) is 13.8 Å². The summed E-state index contributed by atoms with van der Waals surface area (Å²) in [5, 5.41) is 0. The summed E-state index contributed by atoms with van der Waals surface area (Å²) in [4.78, 5) is 34.7. The van der Waals surface area contributed by atoms with Gasteiger partial charge >= 0.3 is 19.8 Å². The Morgan fingerprint density at radius 1 is 0.489 bits per heavy atom. The van der Waals surface area contributed by atoms with Crippen molar-refractivity contribution >= 4 is 19.8 Å². The number of ether oxygens (including phenoxy) is 2. The van der Waals surface area contributed by atoms with Crippen LogP contribution < -0.4 is 0 Å². The molecule has 1 unspecified atom stereocenters. The highest BCUT2D eigenvalue weighted by molar-refractivity contribution is 7.47. The van der Waals surface area contributed by atoms with Gasteiger partial charge in [0.1, 0.15) is 19.3 Å². The van der Waals surface area contributed by atoms with Crippen LogP contribution >= 0.6 is 7.82 Å². The van der Waals surface area contributed by atoms with Crippen LogP contribution in [0.3, 0.4) is 0 Å². The highest BCUT2D eigenvalue weighted by atomic mass is 31.2. The molecule has 0 saturated carbocycles. The Hall–Kier alpha value is -0.950. The number of unbranched alkanes of at least 4 members (excludes halogenated alkanes) is 24. The average molecular weight is 691 g/mol. The SMILES string of the molecule is CCCCCCCCCCCCCCCC(=O)OCC(COC(=O)CCCCCCCCCCCCCCC)OP(=O)(O)OCCC. The smallest absolute Gasteiger partial charge is 0.463 e. The lowest BCUT2D eigenvalue weighted by Crippen LogP contribution is -2.28. The van der Waals surface area contributed by atoms with E-state index in [1.807, 2.05) is 6.92 Å². The molecule has 47 heavy (non-hydrogen) atoms. The summed E-state index contributed by atoms with van der Waals surface area (Å²) in [7, 11) is -4.37. The van der Waals surface area contributed by atoms with E-state index in [4.69, 9.17) is 18.5 Å². The molecule has 9 heteroatoms. The van der Waals surface area contributed by atoms with Gasteiger partial charge in [-0.15, -0.1) is 0 Å². The van der Waals surface area contributed by atoms with Crippen LogP contribution in [0.15, 0.2) is 0 Å². The van der Waals surface area contributed by atoms with Gasteiger partial charge in [-0.25, -0.2) is 4.57 Å². The van der Waals surface area contributed by atoms with Crippen LogP contribution in [0.5, 0.6) is 0 Å². The van der Waals surface area contributed by atoms with E-state index in [-0.39, 0.29) is 44.6 Å². The first-order valence-electron chi connectivity index (χ1n) is 19.8. The lowest BCUT2D eigenvalue weighted by atomic mass is 10.0. The Morgan fingerprint density at radius 3 is 1.09 bits per heavy atom. The molecule has 0 aliphatic rings. The number of phosphoric acid groups is 1. The molecule has 0 spiro atoms. The first-order chi connectivity index (χ1) is 22.8. The molecule has 0 aromatic rings. The molecule has 0 fully saturated rings.